The largest absolute Gasteiger partial charge is 0.310 e. The molecule has 7 aromatic rings. The Morgan fingerprint density at radius 1 is 0.439 bits per heavy atom. The molecule has 1 atom stereocenters. The van der Waals surface area contributed by atoms with Gasteiger partial charge in [0.2, 0.25) is 0 Å². The van der Waals surface area contributed by atoms with Crippen molar-refractivity contribution in [2.45, 2.75) is 12.3 Å². The number of hydrogen-bond acceptors (Lipinski definition) is 1. The van der Waals surface area contributed by atoms with Gasteiger partial charge in [0.25, 0.3) is 0 Å². The summed E-state index contributed by atoms with van der Waals surface area (Å²) in [5, 5.41) is 4.96. The van der Waals surface area contributed by atoms with Gasteiger partial charge in [-0.25, -0.2) is 0 Å². The highest BCUT2D eigenvalue weighted by Gasteiger charge is 2.42. The fraction of sp³-hybridized carbons (Fsp3) is 0.0500. The van der Waals surface area contributed by atoms with E-state index in [9.17, 15) is 0 Å². The van der Waals surface area contributed by atoms with Crippen molar-refractivity contribution < 1.29 is 0 Å². The van der Waals surface area contributed by atoms with Crippen molar-refractivity contribution in [2.24, 2.45) is 0 Å². The second-order valence-corrected chi connectivity index (χ2v) is 11.1. The molecular weight excluding hydrogens is 494 g/mol. The number of benzene rings is 7. The molecule has 0 saturated heterocycles. The van der Waals surface area contributed by atoms with Crippen LogP contribution >= 0.6 is 0 Å². The lowest BCUT2D eigenvalue weighted by Crippen LogP contribution is -2.22. The Morgan fingerprint density at radius 3 is 1.63 bits per heavy atom. The molecule has 1 nitrogen and oxygen atoms in total. The van der Waals surface area contributed by atoms with Crippen molar-refractivity contribution in [3.05, 3.63) is 174 Å². The lowest BCUT2D eigenvalue weighted by Gasteiger charge is -2.30. The van der Waals surface area contributed by atoms with Gasteiger partial charge in [0.15, 0.2) is 0 Å². The number of nitrogens with zero attached hydrogens (tertiary/aromatic N) is 1. The number of fused-ring (bicyclic) bond motifs is 5. The molecule has 0 fully saturated rings. The molecule has 0 bridgehead atoms. The number of hydrogen-bond donors (Lipinski definition) is 0. The number of anilines is 3. The van der Waals surface area contributed by atoms with Crippen LogP contribution in [0.4, 0.5) is 17.1 Å². The van der Waals surface area contributed by atoms with Gasteiger partial charge in [-0.05, 0) is 81.1 Å². The highest BCUT2D eigenvalue weighted by molar-refractivity contribution is 5.99. The Kier molecular flexibility index (Phi) is 5.33. The van der Waals surface area contributed by atoms with Gasteiger partial charge in [0.05, 0.1) is 5.69 Å². The molecule has 0 amide bonds. The molecule has 0 N–H and O–H groups in total. The van der Waals surface area contributed by atoms with Crippen LogP contribution in [0.5, 0.6) is 0 Å². The SMILES string of the molecule is CC1(c2ccccc2)c2ccccc2-c2c(N(c3ccc4ccccc4c3)c3ccc4ccccc4c3)cccc21. The lowest BCUT2D eigenvalue weighted by molar-refractivity contribution is 0.714. The van der Waals surface area contributed by atoms with E-state index in [1.54, 1.807) is 0 Å². The van der Waals surface area contributed by atoms with E-state index in [-0.39, 0.29) is 5.41 Å². The summed E-state index contributed by atoms with van der Waals surface area (Å²) in [4.78, 5) is 2.45. The fourth-order valence-corrected chi connectivity index (χ4v) is 6.85. The third kappa shape index (κ3) is 3.63. The minimum Gasteiger partial charge on any atom is -0.310 e. The van der Waals surface area contributed by atoms with E-state index in [2.05, 4.69) is 170 Å². The van der Waals surface area contributed by atoms with Crippen LogP contribution in [0.25, 0.3) is 32.7 Å². The van der Waals surface area contributed by atoms with E-state index < -0.39 is 0 Å². The van der Waals surface area contributed by atoms with E-state index in [1.807, 2.05) is 0 Å². The van der Waals surface area contributed by atoms with Crippen LogP contribution in [0.2, 0.25) is 0 Å². The maximum absolute atomic E-state index is 2.45. The van der Waals surface area contributed by atoms with E-state index in [1.165, 1.54) is 55.0 Å². The Morgan fingerprint density at radius 2 is 0.976 bits per heavy atom. The summed E-state index contributed by atoms with van der Waals surface area (Å²) in [6.07, 6.45) is 0. The topological polar surface area (TPSA) is 3.24 Å². The zero-order chi connectivity index (χ0) is 27.4. The van der Waals surface area contributed by atoms with Crippen LogP contribution in [0.15, 0.2) is 158 Å². The average molecular weight is 524 g/mol. The van der Waals surface area contributed by atoms with Gasteiger partial charge in [-0.3, -0.25) is 0 Å². The standard InChI is InChI=1S/C40H29N/c1-40(32-16-3-2-4-17-32)36-19-10-9-18-35(36)39-37(40)20-11-21-38(39)41(33-24-22-28-12-5-7-14-30(28)26-33)34-25-23-29-13-6-8-15-31(29)27-34/h2-27H,1H3. The van der Waals surface area contributed by atoms with Crippen molar-refractivity contribution >= 4 is 38.6 Å². The van der Waals surface area contributed by atoms with Crippen LogP contribution in [0, 0.1) is 0 Å². The minimum absolute atomic E-state index is 0.248. The van der Waals surface area contributed by atoms with Crippen LogP contribution in [-0.2, 0) is 5.41 Å². The summed E-state index contributed by atoms with van der Waals surface area (Å²) in [5.41, 5.74) is 9.86. The van der Waals surface area contributed by atoms with Crippen LogP contribution in [-0.4, -0.2) is 0 Å². The highest BCUT2D eigenvalue weighted by atomic mass is 15.1. The molecule has 194 valence electrons. The van der Waals surface area contributed by atoms with Crippen molar-refractivity contribution in [1.29, 1.82) is 0 Å². The van der Waals surface area contributed by atoms with E-state index >= 15 is 0 Å². The summed E-state index contributed by atoms with van der Waals surface area (Å²) in [7, 11) is 0. The molecule has 0 radical (unpaired) electrons. The molecule has 1 aliphatic rings. The minimum atomic E-state index is -0.248. The fourth-order valence-electron chi connectivity index (χ4n) is 6.85. The third-order valence-corrected chi connectivity index (χ3v) is 8.89. The highest BCUT2D eigenvalue weighted by Crippen LogP contribution is 2.56. The first-order chi connectivity index (χ1) is 20.2. The molecule has 1 unspecified atom stereocenters. The molecule has 41 heavy (non-hydrogen) atoms. The molecule has 0 heterocycles. The maximum atomic E-state index is 2.45. The summed E-state index contributed by atoms with van der Waals surface area (Å²) >= 11 is 0. The zero-order valence-electron chi connectivity index (χ0n) is 23.0. The van der Waals surface area contributed by atoms with E-state index in [0.29, 0.717) is 0 Å². The van der Waals surface area contributed by atoms with Gasteiger partial charge in [0, 0.05) is 22.4 Å². The smallest absolute Gasteiger partial charge is 0.0543 e. The first-order valence-electron chi connectivity index (χ1n) is 14.3. The molecule has 0 aromatic heterocycles. The molecule has 1 aliphatic carbocycles. The first kappa shape index (κ1) is 23.7. The van der Waals surface area contributed by atoms with Crippen molar-refractivity contribution in [3.8, 4) is 11.1 Å². The van der Waals surface area contributed by atoms with E-state index in [0.717, 1.165) is 11.4 Å². The molecule has 8 rings (SSSR count). The monoisotopic (exact) mass is 523 g/mol. The third-order valence-electron chi connectivity index (χ3n) is 8.89. The summed E-state index contributed by atoms with van der Waals surface area (Å²) in [6, 6.07) is 57.6. The predicted molar refractivity (Wildman–Crippen MR) is 174 cm³/mol. The van der Waals surface area contributed by atoms with Crippen LogP contribution in [0.1, 0.15) is 23.6 Å². The maximum Gasteiger partial charge on any atom is 0.0543 e. The second-order valence-electron chi connectivity index (χ2n) is 11.1. The van der Waals surface area contributed by atoms with Crippen molar-refractivity contribution in [3.63, 3.8) is 0 Å². The zero-order valence-corrected chi connectivity index (χ0v) is 23.0. The van der Waals surface area contributed by atoms with Crippen molar-refractivity contribution in [2.75, 3.05) is 4.90 Å². The molecule has 1 heteroatoms. The van der Waals surface area contributed by atoms with E-state index in [4.69, 9.17) is 0 Å². The molecule has 0 aliphatic heterocycles. The summed E-state index contributed by atoms with van der Waals surface area (Å²) in [5.74, 6) is 0. The van der Waals surface area contributed by atoms with Crippen LogP contribution < -0.4 is 4.90 Å². The molecule has 0 spiro atoms. The number of rotatable bonds is 4. The Hall–Kier alpha value is -5.14. The van der Waals surface area contributed by atoms with Gasteiger partial charge < -0.3 is 4.90 Å². The van der Waals surface area contributed by atoms with Gasteiger partial charge in [-0.2, -0.15) is 0 Å². The summed E-state index contributed by atoms with van der Waals surface area (Å²) in [6.45, 7) is 2.38. The molecule has 0 saturated carbocycles. The Labute approximate surface area is 241 Å². The van der Waals surface area contributed by atoms with Gasteiger partial charge in [0.1, 0.15) is 0 Å². The average Bonchev–Trinajstić information content (AvgIpc) is 3.31. The Bertz CT molecular complexity index is 1990. The summed E-state index contributed by atoms with van der Waals surface area (Å²) < 4.78 is 0. The van der Waals surface area contributed by atoms with Crippen molar-refractivity contribution in [1.82, 2.24) is 0 Å². The molecular formula is C40H29N. The quantitative estimate of drug-likeness (QED) is 0.222. The molecule has 7 aromatic carbocycles. The second kappa shape index (κ2) is 9.21. The van der Waals surface area contributed by atoms with Gasteiger partial charge in [-0.1, -0.05) is 127 Å². The lowest BCUT2D eigenvalue weighted by atomic mass is 9.74. The predicted octanol–water partition coefficient (Wildman–Crippen LogP) is 10.8. The normalized spacial score (nSPS) is 15.5. The van der Waals surface area contributed by atoms with Gasteiger partial charge in [-0.15, -0.1) is 0 Å². The first-order valence-corrected chi connectivity index (χ1v) is 14.3. The van der Waals surface area contributed by atoms with Crippen LogP contribution in [0.3, 0.4) is 0 Å². The Balaban J connectivity index is 1.43. The van der Waals surface area contributed by atoms with Gasteiger partial charge >= 0.3 is 0 Å².